The average molecular weight is 250 g/mol. The Hall–Kier alpha value is -1.32. The minimum absolute atomic E-state index is 0.498. The first-order chi connectivity index (χ1) is 8.58. The molecule has 1 rings (SSSR count). The summed E-state index contributed by atoms with van der Waals surface area (Å²) in [4.78, 5) is 11.6. The highest BCUT2D eigenvalue weighted by atomic mass is 15.2. The molecular weight excluding hydrogens is 224 g/mol. The molecule has 0 aliphatic rings. The summed E-state index contributed by atoms with van der Waals surface area (Å²) >= 11 is 0. The monoisotopic (exact) mass is 250 g/mol. The van der Waals surface area contributed by atoms with Gasteiger partial charge in [-0.2, -0.15) is 0 Å². The molecule has 1 aromatic heterocycles. The Morgan fingerprint density at radius 3 is 2.33 bits per heavy atom. The number of nitrogens with one attached hydrogen (secondary N) is 1. The van der Waals surface area contributed by atoms with Crippen LogP contribution in [0.5, 0.6) is 0 Å². The molecule has 0 aliphatic carbocycles. The van der Waals surface area contributed by atoms with Crippen molar-refractivity contribution in [2.45, 2.75) is 53.5 Å². The zero-order chi connectivity index (χ0) is 13.7. The second-order valence-electron chi connectivity index (χ2n) is 4.58. The van der Waals surface area contributed by atoms with E-state index in [1.165, 1.54) is 0 Å². The van der Waals surface area contributed by atoms with E-state index in [0.717, 1.165) is 42.4 Å². The minimum atomic E-state index is 0.498. The molecule has 1 unspecified atom stereocenters. The summed E-state index contributed by atoms with van der Waals surface area (Å²) in [6.45, 7) is 11.8. The van der Waals surface area contributed by atoms with Gasteiger partial charge in [0.2, 0.25) is 0 Å². The molecule has 1 atom stereocenters. The molecule has 4 heteroatoms. The number of aryl methyl sites for hydroxylation is 1. The SMILES string of the molecule is CCc1nc(NC)c(C)c(N(CC)C(C)CC)n1. The van der Waals surface area contributed by atoms with Gasteiger partial charge >= 0.3 is 0 Å². The van der Waals surface area contributed by atoms with Crippen LogP contribution in [0, 0.1) is 6.92 Å². The van der Waals surface area contributed by atoms with Crippen LogP contribution in [-0.4, -0.2) is 29.6 Å². The fourth-order valence-electron chi connectivity index (χ4n) is 2.12. The Balaban J connectivity index is 3.27. The molecule has 0 aromatic carbocycles. The molecule has 0 saturated heterocycles. The van der Waals surface area contributed by atoms with Crippen molar-refractivity contribution in [3.05, 3.63) is 11.4 Å². The molecule has 0 fully saturated rings. The van der Waals surface area contributed by atoms with E-state index < -0.39 is 0 Å². The highest BCUT2D eigenvalue weighted by molar-refractivity contribution is 5.58. The Bertz CT molecular complexity index is 390. The summed E-state index contributed by atoms with van der Waals surface area (Å²) in [5, 5.41) is 3.17. The maximum atomic E-state index is 4.71. The predicted molar refractivity (Wildman–Crippen MR) is 78.5 cm³/mol. The molecule has 1 aromatic rings. The molecule has 18 heavy (non-hydrogen) atoms. The van der Waals surface area contributed by atoms with Crippen LogP contribution in [0.2, 0.25) is 0 Å². The maximum Gasteiger partial charge on any atom is 0.137 e. The second kappa shape index (κ2) is 6.57. The third-order valence-corrected chi connectivity index (χ3v) is 3.46. The van der Waals surface area contributed by atoms with Crippen molar-refractivity contribution >= 4 is 11.6 Å². The first-order valence-electron chi connectivity index (χ1n) is 6.90. The summed E-state index contributed by atoms with van der Waals surface area (Å²) in [6.07, 6.45) is 1.98. The lowest BCUT2D eigenvalue weighted by Gasteiger charge is -2.30. The summed E-state index contributed by atoms with van der Waals surface area (Å²) in [6, 6.07) is 0.498. The van der Waals surface area contributed by atoms with E-state index in [9.17, 15) is 0 Å². The van der Waals surface area contributed by atoms with E-state index in [1.54, 1.807) is 0 Å². The summed E-state index contributed by atoms with van der Waals surface area (Å²) in [5.74, 6) is 2.92. The molecule has 1 N–H and O–H groups in total. The van der Waals surface area contributed by atoms with E-state index >= 15 is 0 Å². The van der Waals surface area contributed by atoms with Crippen LogP contribution < -0.4 is 10.2 Å². The Kier molecular flexibility index (Phi) is 5.38. The molecule has 0 aliphatic heterocycles. The quantitative estimate of drug-likeness (QED) is 0.842. The van der Waals surface area contributed by atoms with Crippen LogP contribution in [0.3, 0.4) is 0 Å². The van der Waals surface area contributed by atoms with Gasteiger partial charge in [-0.3, -0.25) is 0 Å². The summed E-state index contributed by atoms with van der Waals surface area (Å²) < 4.78 is 0. The van der Waals surface area contributed by atoms with Gasteiger partial charge in [0.15, 0.2) is 0 Å². The average Bonchev–Trinajstić information content (AvgIpc) is 2.40. The molecule has 0 amide bonds. The van der Waals surface area contributed by atoms with Gasteiger partial charge in [0.1, 0.15) is 17.5 Å². The lowest BCUT2D eigenvalue weighted by Crippen LogP contribution is -2.34. The molecule has 0 radical (unpaired) electrons. The topological polar surface area (TPSA) is 41.1 Å². The molecule has 0 spiro atoms. The number of rotatable bonds is 6. The van der Waals surface area contributed by atoms with Crippen molar-refractivity contribution in [2.24, 2.45) is 0 Å². The van der Waals surface area contributed by atoms with Crippen LogP contribution in [-0.2, 0) is 6.42 Å². The van der Waals surface area contributed by atoms with Gasteiger partial charge in [0.05, 0.1) is 0 Å². The molecular formula is C14H26N4. The standard InChI is InChI=1S/C14H26N4/c1-7-10(4)18(9-3)14-11(5)13(15-6)16-12(8-2)17-14/h10H,7-9H2,1-6H3,(H,15,16,17). The zero-order valence-corrected chi connectivity index (χ0v) is 12.5. The van der Waals surface area contributed by atoms with Crippen LogP contribution in [0.25, 0.3) is 0 Å². The number of hydrogen-bond acceptors (Lipinski definition) is 4. The highest BCUT2D eigenvalue weighted by Crippen LogP contribution is 2.25. The van der Waals surface area contributed by atoms with Gasteiger partial charge in [0.25, 0.3) is 0 Å². The summed E-state index contributed by atoms with van der Waals surface area (Å²) in [7, 11) is 1.91. The minimum Gasteiger partial charge on any atom is -0.373 e. The van der Waals surface area contributed by atoms with Crippen LogP contribution in [0.4, 0.5) is 11.6 Å². The van der Waals surface area contributed by atoms with Crippen molar-refractivity contribution in [1.82, 2.24) is 9.97 Å². The first kappa shape index (κ1) is 14.7. The zero-order valence-electron chi connectivity index (χ0n) is 12.5. The Morgan fingerprint density at radius 1 is 1.22 bits per heavy atom. The molecule has 102 valence electrons. The molecule has 0 saturated carbocycles. The van der Waals surface area contributed by atoms with Gasteiger partial charge in [-0.15, -0.1) is 0 Å². The largest absolute Gasteiger partial charge is 0.373 e. The first-order valence-corrected chi connectivity index (χ1v) is 6.90. The predicted octanol–water partition coefficient (Wildman–Crippen LogP) is 3.01. The van der Waals surface area contributed by atoms with Crippen LogP contribution in [0.1, 0.15) is 45.5 Å². The summed E-state index contributed by atoms with van der Waals surface area (Å²) in [5.41, 5.74) is 1.14. The third kappa shape index (κ3) is 2.92. The van der Waals surface area contributed by atoms with E-state index in [1.807, 2.05) is 7.05 Å². The van der Waals surface area contributed by atoms with Crippen LogP contribution >= 0.6 is 0 Å². The third-order valence-electron chi connectivity index (χ3n) is 3.46. The van der Waals surface area contributed by atoms with Gasteiger partial charge in [-0.25, -0.2) is 9.97 Å². The maximum absolute atomic E-state index is 4.71. The number of aromatic nitrogens is 2. The van der Waals surface area contributed by atoms with Crippen molar-refractivity contribution in [3.63, 3.8) is 0 Å². The van der Waals surface area contributed by atoms with Crippen LogP contribution in [0.15, 0.2) is 0 Å². The lowest BCUT2D eigenvalue weighted by molar-refractivity contribution is 0.619. The fraction of sp³-hybridized carbons (Fsp3) is 0.714. The lowest BCUT2D eigenvalue weighted by atomic mass is 10.2. The molecule has 0 bridgehead atoms. The Labute approximate surface area is 111 Å². The number of nitrogens with zero attached hydrogens (tertiary/aromatic N) is 3. The van der Waals surface area contributed by atoms with E-state index in [2.05, 4.69) is 49.8 Å². The second-order valence-corrected chi connectivity index (χ2v) is 4.58. The van der Waals surface area contributed by atoms with Gasteiger partial charge in [0, 0.05) is 31.6 Å². The van der Waals surface area contributed by atoms with Gasteiger partial charge < -0.3 is 10.2 Å². The normalized spacial score (nSPS) is 12.3. The molecule has 1 heterocycles. The van der Waals surface area contributed by atoms with E-state index in [0.29, 0.717) is 6.04 Å². The van der Waals surface area contributed by atoms with E-state index in [4.69, 9.17) is 4.98 Å². The van der Waals surface area contributed by atoms with Gasteiger partial charge in [-0.05, 0) is 27.2 Å². The van der Waals surface area contributed by atoms with E-state index in [-0.39, 0.29) is 0 Å². The smallest absolute Gasteiger partial charge is 0.137 e. The van der Waals surface area contributed by atoms with Crippen molar-refractivity contribution < 1.29 is 0 Å². The highest BCUT2D eigenvalue weighted by Gasteiger charge is 2.18. The number of anilines is 2. The van der Waals surface area contributed by atoms with Crippen molar-refractivity contribution in [3.8, 4) is 0 Å². The van der Waals surface area contributed by atoms with Gasteiger partial charge in [-0.1, -0.05) is 13.8 Å². The van der Waals surface area contributed by atoms with Crippen molar-refractivity contribution in [2.75, 3.05) is 23.8 Å². The fourth-order valence-corrected chi connectivity index (χ4v) is 2.12. The number of hydrogen-bond donors (Lipinski definition) is 1. The van der Waals surface area contributed by atoms with Crippen molar-refractivity contribution in [1.29, 1.82) is 0 Å². The molecule has 4 nitrogen and oxygen atoms in total. The Morgan fingerprint density at radius 2 is 1.89 bits per heavy atom.